The van der Waals surface area contributed by atoms with Crippen molar-refractivity contribution in [3.05, 3.63) is 194 Å². The van der Waals surface area contributed by atoms with E-state index in [0.29, 0.717) is 11.3 Å². The van der Waals surface area contributed by atoms with Crippen molar-refractivity contribution in [2.24, 2.45) is 0 Å². The summed E-state index contributed by atoms with van der Waals surface area (Å²) in [5.74, 6) is -71.8. The Morgan fingerprint density at radius 3 is 1.12 bits per heavy atom. The van der Waals surface area contributed by atoms with E-state index in [1.807, 2.05) is 48.5 Å². The minimum absolute atomic E-state index is 0.0292. The molecule has 6 aromatic carbocycles. The lowest BCUT2D eigenvalue weighted by atomic mass is 9.12. The fourth-order valence-corrected chi connectivity index (χ4v) is 8.75. The van der Waals surface area contributed by atoms with Gasteiger partial charge in [0.1, 0.15) is 58.8 Å². The summed E-state index contributed by atoms with van der Waals surface area (Å²) in [6.45, 7) is 0.101. The molecule has 0 atom stereocenters. The number of hydrogen-bond acceptors (Lipinski definition) is 3. The van der Waals surface area contributed by atoms with Crippen LogP contribution in [0.2, 0.25) is 0 Å². The number of fused-ring (bicyclic) bond motifs is 1. The Bertz CT molecular complexity index is 3010. The van der Waals surface area contributed by atoms with Crippen molar-refractivity contribution < 1.29 is 107 Å². The van der Waals surface area contributed by atoms with Crippen LogP contribution in [0.1, 0.15) is 53.0 Å². The highest BCUT2D eigenvalue weighted by molar-refractivity contribution is 7.20. The Kier molecular flexibility index (Phi) is 15.0. The molecule has 0 unspecified atom stereocenters. The number of nitrogens with zero attached hydrogens (tertiary/aromatic N) is 1. The van der Waals surface area contributed by atoms with E-state index in [1.54, 1.807) is 22.9 Å². The van der Waals surface area contributed by atoms with Crippen molar-refractivity contribution in [2.45, 2.75) is 44.8 Å². The Balaban J connectivity index is 0.000000237. The maximum absolute atomic E-state index is 15.4. The van der Waals surface area contributed by atoms with Gasteiger partial charge in [-0.2, -0.15) is 4.57 Å². The first-order valence-electron chi connectivity index (χ1n) is 20.9. The fraction of sp³-hybridized carbons (Fsp3) is 0.146. The molecule has 0 saturated heterocycles. The molecule has 25 heteroatoms. The van der Waals surface area contributed by atoms with Gasteiger partial charge in [-0.3, -0.25) is 4.79 Å². The lowest BCUT2D eigenvalue weighted by molar-refractivity contribution is -0.684. The first-order valence-corrected chi connectivity index (χ1v) is 20.9. The van der Waals surface area contributed by atoms with Crippen molar-refractivity contribution in [1.29, 1.82) is 0 Å². The summed E-state index contributed by atoms with van der Waals surface area (Å²) >= 11 is 0. The predicted molar refractivity (Wildman–Crippen MR) is 216 cm³/mol. The minimum Gasteiger partial charge on any atom is -0.454 e. The molecule has 382 valence electrons. The molecular formula is C48H24BF20NO3. The number of hydrogen-bond donors (Lipinski definition) is 0. The minimum atomic E-state index is -7.22. The van der Waals surface area contributed by atoms with Gasteiger partial charge in [-0.15, -0.1) is 21.9 Å². The van der Waals surface area contributed by atoms with Crippen LogP contribution in [-0.2, 0) is 11.3 Å². The van der Waals surface area contributed by atoms with Gasteiger partial charge in [0.25, 0.3) is 5.69 Å². The van der Waals surface area contributed by atoms with Crippen LogP contribution in [0.15, 0.2) is 66.9 Å². The van der Waals surface area contributed by atoms with E-state index in [0.717, 1.165) is 36.5 Å². The standard InChI is InChI=1S/C24BF20.C24H24NO3/c26-5-1(6(27)14(35)21(42)13(5)34)25(2-7(28)15(36)22(43)16(37)8(2)29,3-9(30)17(38)23(44)18(39)10(3)31)4-11(32)19(40)24(45)20(41)12(4)33;26-22(19-10-3-1-4-11-19)17-25-16-15-18-9-7-8-14-21(18)23(25)24(27)28-20-12-5-2-6-13-20/h;1,3-4,7-11,14-16,20H,2,5-6,12-13,17H2/q-1;+1. The van der Waals surface area contributed by atoms with Gasteiger partial charge in [-0.1, -0.05) is 55.0 Å². The molecule has 1 aliphatic rings. The third-order valence-electron chi connectivity index (χ3n) is 12.1. The second-order valence-corrected chi connectivity index (χ2v) is 16.1. The highest BCUT2D eigenvalue weighted by Crippen LogP contribution is 2.31. The molecule has 0 bridgehead atoms. The van der Waals surface area contributed by atoms with Crippen molar-refractivity contribution in [3.63, 3.8) is 0 Å². The molecule has 1 saturated carbocycles. The van der Waals surface area contributed by atoms with Crippen molar-refractivity contribution in [2.75, 3.05) is 0 Å². The van der Waals surface area contributed by atoms with Gasteiger partial charge < -0.3 is 4.74 Å². The summed E-state index contributed by atoms with van der Waals surface area (Å²) in [7, 11) is 0. The molecule has 1 heterocycles. The predicted octanol–water partition coefficient (Wildman–Crippen LogP) is 10.3. The van der Waals surface area contributed by atoms with Crippen LogP contribution in [0.3, 0.4) is 0 Å². The summed E-state index contributed by atoms with van der Waals surface area (Å²) < 4.78 is 302. The number of Topliss-reactive ketones (excluding diaryl/α,β-unsaturated/α-hetero) is 1. The molecule has 7 aromatic rings. The molecule has 0 amide bonds. The maximum Gasteiger partial charge on any atom is 0.404 e. The van der Waals surface area contributed by atoms with Crippen LogP contribution in [0.25, 0.3) is 10.8 Å². The Hall–Kier alpha value is -7.47. The molecule has 1 aliphatic carbocycles. The molecule has 73 heavy (non-hydrogen) atoms. The van der Waals surface area contributed by atoms with E-state index < -0.39 is 144 Å². The fourth-order valence-electron chi connectivity index (χ4n) is 8.75. The highest BCUT2D eigenvalue weighted by atomic mass is 19.2. The van der Waals surface area contributed by atoms with Crippen LogP contribution in [0, 0.1) is 116 Å². The quantitative estimate of drug-likeness (QED) is 0.0275. The lowest BCUT2D eigenvalue weighted by Gasteiger charge is -2.44. The number of halogens is 20. The number of aromatic nitrogens is 1. The SMILES string of the molecule is Fc1c(F)c(F)c([B-](c2c(F)c(F)c(F)c(F)c2F)(c2c(F)c(F)c(F)c(F)c2F)c2c(F)c(F)c(F)c(F)c2F)c(F)c1F.O=C(C[n+]1ccc2ccccc2c1C(=O)OC1CCCCC1)c1ccccc1. The number of benzene rings is 6. The van der Waals surface area contributed by atoms with Gasteiger partial charge in [0.2, 0.25) is 12.3 Å². The number of esters is 1. The van der Waals surface area contributed by atoms with Gasteiger partial charge in [-0.05, 0) is 37.1 Å². The van der Waals surface area contributed by atoms with E-state index >= 15 is 35.1 Å². The molecule has 0 radical (unpaired) electrons. The molecule has 0 N–H and O–H groups in total. The average molecular weight is 1050 g/mol. The van der Waals surface area contributed by atoms with E-state index in [2.05, 4.69) is 0 Å². The van der Waals surface area contributed by atoms with E-state index in [4.69, 9.17) is 4.74 Å². The molecule has 4 nitrogen and oxygen atoms in total. The Morgan fingerprint density at radius 1 is 0.425 bits per heavy atom. The van der Waals surface area contributed by atoms with E-state index in [1.165, 1.54) is 6.42 Å². The van der Waals surface area contributed by atoms with Gasteiger partial charge >= 0.3 is 5.97 Å². The van der Waals surface area contributed by atoms with Gasteiger partial charge in [0, 0.05) is 11.6 Å². The summed E-state index contributed by atoms with van der Waals surface area (Å²) in [6.07, 6.45) is -0.211. The molecule has 1 fully saturated rings. The number of rotatable bonds is 9. The first kappa shape index (κ1) is 53.3. The van der Waals surface area contributed by atoms with E-state index in [9.17, 15) is 62.3 Å². The lowest BCUT2D eigenvalue weighted by Crippen LogP contribution is -2.81. The summed E-state index contributed by atoms with van der Waals surface area (Å²) in [5, 5.41) is 1.77. The van der Waals surface area contributed by atoms with Crippen molar-refractivity contribution in [1.82, 2.24) is 0 Å². The third-order valence-corrected chi connectivity index (χ3v) is 12.1. The van der Waals surface area contributed by atoms with Gasteiger partial charge in [0.15, 0.2) is 76.0 Å². The summed E-state index contributed by atoms with van der Waals surface area (Å²) in [4.78, 5) is 25.9. The van der Waals surface area contributed by atoms with E-state index in [-0.39, 0.29) is 24.4 Å². The van der Waals surface area contributed by atoms with Crippen LogP contribution in [-0.4, -0.2) is 24.0 Å². The number of ether oxygens (including phenoxy) is 1. The largest absolute Gasteiger partial charge is 0.454 e. The monoisotopic (exact) mass is 1050 g/mol. The Labute approximate surface area is 396 Å². The summed E-state index contributed by atoms with van der Waals surface area (Å²) in [5.41, 5.74) is -13.2. The van der Waals surface area contributed by atoms with Crippen LogP contribution >= 0.6 is 0 Å². The average Bonchev–Trinajstić information content (AvgIpc) is 3.39. The van der Waals surface area contributed by atoms with Crippen molar-refractivity contribution in [3.8, 4) is 0 Å². The first-order chi connectivity index (χ1) is 34.4. The Morgan fingerprint density at radius 2 is 0.753 bits per heavy atom. The zero-order chi connectivity index (χ0) is 53.7. The molecule has 0 spiro atoms. The molecule has 1 aromatic heterocycles. The van der Waals surface area contributed by atoms with Gasteiger partial charge in [-0.25, -0.2) is 92.6 Å². The van der Waals surface area contributed by atoms with Crippen LogP contribution in [0.4, 0.5) is 87.8 Å². The third kappa shape index (κ3) is 8.89. The second kappa shape index (κ2) is 20.6. The topological polar surface area (TPSA) is 47.2 Å². The maximum atomic E-state index is 15.4. The summed E-state index contributed by atoms with van der Waals surface area (Å²) in [6, 6.07) is 18.8. The van der Waals surface area contributed by atoms with Crippen LogP contribution in [0.5, 0.6) is 0 Å². The van der Waals surface area contributed by atoms with Crippen LogP contribution < -0.4 is 26.4 Å². The molecule has 8 rings (SSSR count). The highest BCUT2D eigenvalue weighted by Gasteiger charge is 2.52. The zero-order valence-corrected chi connectivity index (χ0v) is 36.0. The smallest absolute Gasteiger partial charge is 0.404 e. The number of pyridine rings is 1. The normalized spacial score (nSPS) is 13.0. The molecular weight excluding hydrogens is 1030 g/mol. The zero-order valence-electron chi connectivity index (χ0n) is 36.0. The van der Waals surface area contributed by atoms with Gasteiger partial charge in [0.05, 0.1) is 5.39 Å². The number of ketones is 1. The second-order valence-electron chi connectivity index (χ2n) is 16.1. The molecule has 0 aliphatic heterocycles. The van der Waals surface area contributed by atoms with Crippen molar-refractivity contribution >= 4 is 50.5 Å². The number of carbonyl (C=O) groups excluding carboxylic acids is 2. The number of carbonyl (C=O) groups is 2.